The molecule has 2 amide bonds. The third-order valence-corrected chi connectivity index (χ3v) is 9.36. The van der Waals surface area contributed by atoms with E-state index in [0.717, 1.165) is 61.4 Å². The van der Waals surface area contributed by atoms with Gasteiger partial charge in [0.05, 0.1) is 30.8 Å². The van der Waals surface area contributed by atoms with Crippen molar-refractivity contribution in [3.05, 3.63) is 70.1 Å². The largest absolute Gasteiger partial charge is 0.496 e. The zero-order valence-electron chi connectivity index (χ0n) is 23.8. The van der Waals surface area contributed by atoms with Crippen LogP contribution in [-0.2, 0) is 23.9 Å². The number of carbonyl (C=O) groups excluding carboxylic acids is 2. The maximum absolute atomic E-state index is 13.9. The van der Waals surface area contributed by atoms with Gasteiger partial charge in [0, 0.05) is 37.3 Å². The van der Waals surface area contributed by atoms with Crippen LogP contribution >= 0.6 is 0 Å². The van der Waals surface area contributed by atoms with E-state index in [1.54, 1.807) is 0 Å². The summed E-state index contributed by atoms with van der Waals surface area (Å²) in [4.78, 5) is 29.7. The molecule has 0 radical (unpaired) electrons. The summed E-state index contributed by atoms with van der Waals surface area (Å²) in [5.74, 6) is -2.33. The van der Waals surface area contributed by atoms with Gasteiger partial charge in [0.2, 0.25) is 5.91 Å². The monoisotopic (exact) mass is 601 g/mol. The highest BCUT2D eigenvalue weighted by Gasteiger charge is 2.55. The van der Waals surface area contributed by atoms with Gasteiger partial charge in [-0.1, -0.05) is 11.6 Å². The number of hydrogen-bond acceptors (Lipinski definition) is 5. The number of alkyl halides is 3. The number of amides is 2. The standard InChI is InChI=1S/C32H35F4N3O4/c1-43-27-14-18-8-9-39(10-11-40)16-19(18)13-24(27)30(41)38-29-22-6-5-21(23(22)12-17-2-3-17)28(29)31(42)37-20-4-7-26(33)25(15-20)32(34,35)36/h4,7,12-15,17,21-22,28-29,40H,2-3,5-6,8-11,16H2,1H3,(H,37,42)(H,38,41)/b23-12-/t21?,22?,28-,29+/m0/s1. The second-order valence-electron chi connectivity index (χ2n) is 12.1. The number of halogens is 4. The summed E-state index contributed by atoms with van der Waals surface area (Å²) in [6.45, 7) is 1.95. The van der Waals surface area contributed by atoms with Gasteiger partial charge in [0.1, 0.15) is 11.6 Å². The second-order valence-corrected chi connectivity index (χ2v) is 12.1. The number of aliphatic hydroxyl groups is 1. The van der Waals surface area contributed by atoms with Crippen LogP contribution in [0.1, 0.15) is 52.7 Å². The average molecular weight is 602 g/mol. The molecule has 0 spiro atoms. The lowest BCUT2D eigenvalue weighted by Gasteiger charge is -2.31. The van der Waals surface area contributed by atoms with E-state index in [2.05, 4.69) is 21.6 Å². The van der Waals surface area contributed by atoms with Crippen LogP contribution in [0.25, 0.3) is 0 Å². The van der Waals surface area contributed by atoms with E-state index in [1.807, 2.05) is 12.1 Å². The van der Waals surface area contributed by atoms with Crippen LogP contribution in [0, 0.1) is 29.5 Å². The predicted octanol–water partition coefficient (Wildman–Crippen LogP) is 4.93. The zero-order chi connectivity index (χ0) is 30.5. The van der Waals surface area contributed by atoms with Crippen LogP contribution in [0.15, 0.2) is 42.0 Å². The Labute approximate surface area is 247 Å². The van der Waals surface area contributed by atoms with Gasteiger partial charge in [0.15, 0.2) is 0 Å². The molecular formula is C32H35F4N3O4. The number of methoxy groups -OCH3 is 1. The number of benzene rings is 2. The Morgan fingerprint density at radius 1 is 1.09 bits per heavy atom. The fraction of sp³-hybridized carbons (Fsp3) is 0.500. The number of hydrogen-bond donors (Lipinski definition) is 3. The van der Waals surface area contributed by atoms with Crippen molar-refractivity contribution < 1.29 is 37.0 Å². The molecule has 43 heavy (non-hydrogen) atoms. The maximum Gasteiger partial charge on any atom is 0.419 e. The Bertz CT molecular complexity index is 1450. The summed E-state index contributed by atoms with van der Waals surface area (Å²) in [6.07, 6.45) is 1.77. The number of nitrogens with zero attached hydrogens (tertiary/aromatic N) is 1. The number of carbonyl (C=O) groups is 2. The normalized spacial score (nSPS) is 26.0. The minimum absolute atomic E-state index is 0.0403. The Balaban J connectivity index is 1.28. The van der Waals surface area contributed by atoms with Gasteiger partial charge >= 0.3 is 6.18 Å². The van der Waals surface area contributed by atoms with Crippen molar-refractivity contribution >= 4 is 17.5 Å². The fourth-order valence-electron chi connectivity index (χ4n) is 7.16. The summed E-state index contributed by atoms with van der Waals surface area (Å²) < 4.78 is 59.5. The quantitative estimate of drug-likeness (QED) is 0.295. The van der Waals surface area contributed by atoms with Gasteiger partial charge in [0.25, 0.3) is 5.91 Å². The highest BCUT2D eigenvalue weighted by Crippen LogP contribution is 2.54. The SMILES string of the molecule is COc1cc2c(cc1C(=O)N[C@@H]1C3CCC(/C3=C/C3CC3)[C@@H]1C(=O)Nc1ccc(F)c(C(F)(F)F)c1)CN(CCO)CC2. The van der Waals surface area contributed by atoms with Crippen molar-refractivity contribution in [2.24, 2.45) is 23.7 Å². The number of ether oxygens (including phenoxy) is 1. The average Bonchev–Trinajstić information content (AvgIpc) is 3.65. The molecule has 0 aromatic heterocycles. The summed E-state index contributed by atoms with van der Waals surface area (Å²) in [6, 6.07) is 5.53. The Hall–Kier alpha value is -3.44. The lowest BCUT2D eigenvalue weighted by atomic mass is 9.83. The van der Waals surface area contributed by atoms with Crippen LogP contribution in [0.4, 0.5) is 23.2 Å². The van der Waals surface area contributed by atoms with E-state index in [0.29, 0.717) is 42.5 Å². The van der Waals surface area contributed by atoms with Crippen LogP contribution in [0.3, 0.4) is 0 Å². The molecule has 3 fully saturated rings. The van der Waals surface area contributed by atoms with Gasteiger partial charge < -0.3 is 20.5 Å². The number of fused-ring (bicyclic) bond motifs is 3. The molecule has 2 aromatic carbocycles. The highest BCUT2D eigenvalue weighted by molar-refractivity contribution is 5.99. The Morgan fingerprint density at radius 2 is 1.86 bits per heavy atom. The first-order valence-electron chi connectivity index (χ1n) is 14.8. The van der Waals surface area contributed by atoms with E-state index in [-0.39, 0.29) is 30.0 Å². The smallest absolute Gasteiger partial charge is 0.419 e. The summed E-state index contributed by atoms with van der Waals surface area (Å²) in [5.41, 5.74) is 1.93. The van der Waals surface area contributed by atoms with Gasteiger partial charge in [-0.25, -0.2) is 4.39 Å². The van der Waals surface area contributed by atoms with Crippen LogP contribution in [0.2, 0.25) is 0 Å². The van der Waals surface area contributed by atoms with E-state index in [9.17, 15) is 32.3 Å². The van der Waals surface area contributed by atoms with Gasteiger partial charge in [-0.3, -0.25) is 14.5 Å². The van der Waals surface area contributed by atoms with Crippen molar-refractivity contribution in [2.75, 3.05) is 32.1 Å². The zero-order valence-corrected chi connectivity index (χ0v) is 23.8. The van der Waals surface area contributed by atoms with Crippen molar-refractivity contribution in [1.82, 2.24) is 10.2 Å². The Morgan fingerprint density at radius 3 is 2.56 bits per heavy atom. The number of rotatable bonds is 8. The number of nitrogens with one attached hydrogen (secondary N) is 2. The van der Waals surface area contributed by atoms with E-state index in [4.69, 9.17) is 4.74 Å². The summed E-state index contributed by atoms with van der Waals surface area (Å²) in [5, 5.41) is 15.1. The van der Waals surface area contributed by atoms with Crippen LogP contribution in [-0.4, -0.2) is 54.7 Å². The summed E-state index contributed by atoms with van der Waals surface area (Å²) in [7, 11) is 1.50. The lowest BCUT2D eigenvalue weighted by molar-refractivity contribution is -0.140. The molecule has 2 unspecified atom stereocenters. The molecule has 2 bridgehead atoms. The van der Waals surface area contributed by atoms with E-state index >= 15 is 0 Å². The third kappa shape index (κ3) is 5.89. The van der Waals surface area contributed by atoms with E-state index < -0.39 is 35.4 Å². The van der Waals surface area contributed by atoms with Gasteiger partial charge in [-0.05, 0) is 85.4 Å². The third-order valence-electron chi connectivity index (χ3n) is 9.36. The molecule has 6 rings (SSSR count). The molecule has 7 nitrogen and oxygen atoms in total. The predicted molar refractivity (Wildman–Crippen MR) is 151 cm³/mol. The van der Waals surface area contributed by atoms with Crippen molar-refractivity contribution in [3.8, 4) is 5.75 Å². The second kappa shape index (κ2) is 11.6. The van der Waals surface area contributed by atoms with E-state index in [1.165, 1.54) is 7.11 Å². The molecule has 3 N–H and O–H groups in total. The molecule has 3 aliphatic carbocycles. The molecule has 4 aliphatic rings. The van der Waals surface area contributed by atoms with Crippen molar-refractivity contribution in [3.63, 3.8) is 0 Å². The highest BCUT2D eigenvalue weighted by atomic mass is 19.4. The lowest BCUT2D eigenvalue weighted by Crippen LogP contribution is -2.48. The molecular weight excluding hydrogens is 566 g/mol. The fourth-order valence-corrected chi connectivity index (χ4v) is 7.16. The van der Waals surface area contributed by atoms with Gasteiger partial charge in [-0.2, -0.15) is 13.2 Å². The number of allylic oxidation sites excluding steroid dienone is 1. The van der Waals surface area contributed by atoms with Crippen molar-refractivity contribution in [2.45, 2.75) is 50.9 Å². The topological polar surface area (TPSA) is 90.9 Å². The molecule has 1 heterocycles. The number of β-amino-alcohol motifs (C(OH)–C–C–N with tert-alkyl or cyclic N) is 1. The number of anilines is 1. The summed E-state index contributed by atoms with van der Waals surface area (Å²) >= 11 is 0. The first-order valence-corrected chi connectivity index (χ1v) is 14.8. The molecule has 0 saturated heterocycles. The van der Waals surface area contributed by atoms with Gasteiger partial charge in [-0.15, -0.1) is 0 Å². The molecule has 230 valence electrons. The molecule has 1 aliphatic heterocycles. The van der Waals surface area contributed by atoms with Crippen molar-refractivity contribution in [1.29, 1.82) is 0 Å². The number of aliphatic hydroxyl groups excluding tert-OH is 1. The first kappa shape index (κ1) is 29.6. The molecule has 11 heteroatoms. The maximum atomic E-state index is 13.9. The minimum Gasteiger partial charge on any atom is -0.496 e. The Kier molecular flexibility index (Phi) is 7.97. The van der Waals surface area contributed by atoms with Crippen LogP contribution in [0.5, 0.6) is 5.75 Å². The minimum atomic E-state index is -4.91. The van der Waals surface area contributed by atoms with Crippen LogP contribution < -0.4 is 15.4 Å². The first-order chi connectivity index (χ1) is 20.6. The molecule has 2 aromatic rings. The molecule has 3 saturated carbocycles. The molecule has 4 atom stereocenters.